The minimum atomic E-state index is -0.504. The smallest absolute Gasteiger partial charge is 0.338 e. The van der Waals surface area contributed by atoms with Gasteiger partial charge in [-0.1, -0.05) is 29.8 Å². The first-order chi connectivity index (χ1) is 12.4. The van der Waals surface area contributed by atoms with E-state index in [4.69, 9.17) is 16.3 Å². The van der Waals surface area contributed by atoms with Crippen LogP contribution in [0.4, 0.5) is 5.82 Å². The SMILES string of the molecule is CC(C)Nc1nc([C@@H](C)OC(=O)c2ccccc2)cc2cnc(Cl)cc12. The van der Waals surface area contributed by atoms with Crippen LogP contribution < -0.4 is 5.32 Å². The summed E-state index contributed by atoms with van der Waals surface area (Å²) in [5.41, 5.74) is 1.16. The highest BCUT2D eigenvalue weighted by molar-refractivity contribution is 6.30. The fraction of sp³-hybridized carbons (Fsp3) is 0.250. The maximum atomic E-state index is 12.3. The number of esters is 1. The number of carbonyl (C=O) groups is 1. The number of hydrogen-bond acceptors (Lipinski definition) is 5. The molecule has 0 radical (unpaired) electrons. The number of benzene rings is 1. The summed E-state index contributed by atoms with van der Waals surface area (Å²) in [5.74, 6) is 0.312. The number of halogens is 1. The summed E-state index contributed by atoms with van der Waals surface area (Å²) in [6.45, 7) is 5.86. The molecule has 0 saturated carbocycles. The predicted molar refractivity (Wildman–Crippen MR) is 104 cm³/mol. The molecule has 1 N–H and O–H groups in total. The molecule has 5 nitrogen and oxygen atoms in total. The first-order valence-corrected chi connectivity index (χ1v) is 8.80. The van der Waals surface area contributed by atoms with Crippen molar-refractivity contribution in [2.24, 2.45) is 0 Å². The first kappa shape index (κ1) is 18.1. The van der Waals surface area contributed by atoms with E-state index in [9.17, 15) is 4.79 Å². The van der Waals surface area contributed by atoms with Crippen molar-refractivity contribution < 1.29 is 9.53 Å². The lowest BCUT2D eigenvalue weighted by Crippen LogP contribution is -2.14. The molecule has 2 aromatic heterocycles. The summed E-state index contributed by atoms with van der Waals surface area (Å²) in [6, 6.07) is 12.7. The lowest BCUT2D eigenvalue weighted by Gasteiger charge is -2.17. The first-order valence-electron chi connectivity index (χ1n) is 8.43. The Kier molecular flexibility index (Phi) is 5.38. The molecule has 134 valence electrons. The Labute approximate surface area is 157 Å². The molecule has 0 aliphatic carbocycles. The Bertz CT molecular complexity index is 929. The summed E-state index contributed by atoms with van der Waals surface area (Å²) < 4.78 is 5.58. The van der Waals surface area contributed by atoms with E-state index < -0.39 is 6.10 Å². The third-order valence-electron chi connectivity index (χ3n) is 3.84. The van der Waals surface area contributed by atoms with Crippen LogP contribution in [-0.4, -0.2) is 22.0 Å². The van der Waals surface area contributed by atoms with Gasteiger partial charge in [-0.2, -0.15) is 0 Å². The van der Waals surface area contributed by atoms with Gasteiger partial charge in [0.2, 0.25) is 0 Å². The number of rotatable bonds is 5. The van der Waals surface area contributed by atoms with Gasteiger partial charge >= 0.3 is 5.97 Å². The van der Waals surface area contributed by atoms with Crippen molar-refractivity contribution in [3.63, 3.8) is 0 Å². The zero-order valence-corrected chi connectivity index (χ0v) is 15.6. The van der Waals surface area contributed by atoms with Crippen molar-refractivity contribution in [3.8, 4) is 0 Å². The largest absolute Gasteiger partial charge is 0.453 e. The van der Waals surface area contributed by atoms with E-state index >= 15 is 0 Å². The van der Waals surface area contributed by atoms with Crippen molar-refractivity contribution in [2.45, 2.75) is 32.9 Å². The molecular weight excluding hydrogens is 350 g/mol. The summed E-state index contributed by atoms with van der Waals surface area (Å²) in [6.07, 6.45) is 1.19. The molecule has 0 aliphatic rings. The van der Waals surface area contributed by atoms with Crippen LogP contribution in [0, 0.1) is 0 Å². The molecule has 0 amide bonds. The van der Waals surface area contributed by atoms with Crippen LogP contribution in [-0.2, 0) is 4.74 Å². The topological polar surface area (TPSA) is 64.1 Å². The molecule has 1 atom stereocenters. The van der Waals surface area contributed by atoms with Crippen molar-refractivity contribution in [1.29, 1.82) is 0 Å². The molecule has 0 saturated heterocycles. The highest BCUT2D eigenvalue weighted by atomic mass is 35.5. The second kappa shape index (κ2) is 7.70. The average Bonchev–Trinajstić information content (AvgIpc) is 2.62. The number of fused-ring (bicyclic) bond motifs is 1. The fourth-order valence-corrected chi connectivity index (χ4v) is 2.75. The molecule has 0 bridgehead atoms. The maximum absolute atomic E-state index is 12.3. The van der Waals surface area contributed by atoms with Crippen LogP contribution in [0.5, 0.6) is 0 Å². The zero-order chi connectivity index (χ0) is 18.7. The van der Waals surface area contributed by atoms with Gasteiger partial charge < -0.3 is 10.1 Å². The lowest BCUT2D eigenvalue weighted by molar-refractivity contribution is 0.0330. The van der Waals surface area contributed by atoms with Crippen LogP contribution in [0.2, 0.25) is 5.15 Å². The molecule has 2 heterocycles. The minimum Gasteiger partial charge on any atom is -0.453 e. The Morgan fingerprint density at radius 2 is 1.88 bits per heavy atom. The van der Waals surface area contributed by atoms with Crippen molar-refractivity contribution in [3.05, 3.63) is 65.1 Å². The molecule has 26 heavy (non-hydrogen) atoms. The molecule has 0 fully saturated rings. The van der Waals surface area contributed by atoms with Crippen LogP contribution in [0.1, 0.15) is 42.9 Å². The van der Waals surface area contributed by atoms with Crippen molar-refractivity contribution in [2.75, 3.05) is 5.32 Å². The second-order valence-corrected chi connectivity index (χ2v) is 6.72. The Hall–Kier alpha value is -2.66. The highest BCUT2D eigenvalue weighted by Gasteiger charge is 2.17. The van der Waals surface area contributed by atoms with Gasteiger partial charge in [0.15, 0.2) is 0 Å². The Morgan fingerprint density at radius 1 is 1.15 bits per heavy atom. The lowest BCUT2D eigenvalue weighted by atomic mass is 10.1. The number of nitrogens with one attached hydrogen (secondary N) is 1. The molecule has 3 aromatic rings. The van der Waals surface area contributed by atoms with E-state index in [1.54, 1.807) is 43.5 Å². The summed E-state index contributed by atoms with van der Waals surface area (Å²) >= 11 is 6.03. The number of ether oxygens (including phenoxy) is 1. The van der Waals surface area contributed by atoms with E-state index in [-0.39, 0.29) is 12.0 Å². The standard InChI is InChI=1S/C20H20ClN3O2/c1-12(2)23-19-16-10-18(21)22-11-15(16)9-17(24-19)13(3)26-20(25)14-7-5-4-6-8-14/h4-13H,1-3H3,(H,23,24)/t13-/m1/s1. The van der Waals surface area contributed by atoms with Crippen LogP contribution in [0.15, 0.2) is 48.7 Å². The number of pyridine rings is 2. The molecule has 0 aliphatic heterocycles. The van der Waals surface area contributed by atoms with Gasteiger partial charge in [-0.25, -0.2) is 14.8 Å². The van der Waals surface area contributed by atoms with Gasteiger partial charge in [0.25, 0.3) is 0 Å². The molecule has 1 aromatic carbocycles. The minimum absolute atomic E-state index is 0.190. The third kappa shape index (κ3) is 4.11. The summed E-state index contributed by atoms with van der Waals surface area (Å²) in [7, 11) is 0. The molecule has 0 spiro atoms. The van der Waals surface area contributed by atoms with Gasteiger partial charge in [0, 0.05) is 23.0 Å². The number of aromatic nitrogens is 2. The maximum Gasteiger partial charge on any atom is 0.338 e. The van der Waals surface area contributed by atoms with Crippen LogP contribution in [0.25, 0.3) is 10.8 Å². The Morgan fingerprint density at radius 3 is 2.58 bits per heavy atom. The van der Waals surface area contributed by atoms with E-state index in [2.05, 4.69) is 15.3 Å². The average molecular weight is 370 g/mol. The van der Waals surface area contributed by atoms with Gasteiger partial charge in [-0.3, -0.25) is 0 Å². The van der Waals surface area contributed by atoms with E-state index in [0.29, 0.717) is 22.2 Å². The van der Waals surface area contributed by atoms with E-state index in [1.165, 1.54) is 0 Å². The summed E-state index contributed by atoms with van der Waals surface area (Å²) in [5, 5.41) is 5.48. The number of carbonyl (C=O) groups excluding carboxylic acids is 1. The van der Waals surface area contributed by atoms with Gasteiger partial charge in [-0.05, 0) is 45.0 Å². The highest BCUT2D eigenvalue weighted by Crippen LogP contribution is 2.28. The Balaban J connectivity index is 1.93. The van der Waals surface area contributed by atoms with Crippen molar-refractivity contribution in [1.82, 2.24) is 9.97 Å². The van der Waals surface area contributed by atoms with Crippen molar-refractivity contribution >= 4 is 34.2 Å². The van der Waals surface area contributed by atoms with Gasteiger partial charge in [-0.15, -0.1) is 0 Å². The summed E-state index contributed by atoms with van der Waals surface area (Å²) in [4.78, 5) is 21.1. The zero-order valence-electron chi connectivity index (χ0n) is 14.9. The molecule has 3 rings (SSSR count). The number of hydrogen-bond donors (Lipinski definition) is 1. The van der Waals surface area contributed by atoms with Crippen LogP contribution in [0.3, 0.4) is 0 Å². The molecule has 6 heteroatoms. The number of anilines is 1. The third-order valence-corrected chi connectivity index (χ3v) is 4.04. The predicted octanol–water partition coefficient (Wildman–Crippen LogP) is 5.02. The van der Waals surface area contributed by atoms with Gasteiger partial charge in [0.1, 0.15) is 17.1 Å². The fourth-order valence-electron chi connectivity index (χ4n) is 2.60. The quantitative estimate of drug-likeness (QED) is 0.505. The van der Waals surface area contributed by atoms with Gasteiger partial charge in [0.05, 0.1) is 11.3 Å². The second-order valence-electron chi connectivity index (χ2n) is 6.34. The molecular formula is C20H20ClN3O2. The van der Waals surface area contributed by atoms with E-state index in [1.807, 2.05) is 26.0 Å². The normalized spacial score (nSPS) is 12.2. The monoisotopic (exact) mass is 369 g/mol. The number of nitrogens with zero attached hydrogens (tertiary/aromatic N) is 2. The van der Waals surface area contributed by atoms with Crippen LogP contribution >= 0.6 is 11.6 Å². The van der Waals surface area contributed by atoms with E-state index in [0.717, 1.165) is 10.8 Å². The molecule has 0 unspecified atom stereocenters.